The molecule has 0 aliphatic heterocycles. The largest absolute Gasteiger partial charge is 0.497 e. The number of nitrogens with one attached hydrogen (secondary N) is 3. The SMILES string of the molecule is COc1cccc(C(=O)Nc2cccc(-c3csc(-c4sc(NC(=O)NCC#N)nc4N)n3)c2)c1. The number of aromatic nitrogens is 2. The second-order valence-corrected chi connectivity index (χ2v) is 8.86. The van der Waals surface area contributed by atoms with Crippen LogP contribution >= 0.6 is 22.7 Å². The number of thiazole rings is 2. The van der Waals surface area contributed by atoms with Gasteiger partial charge in [-0.25, -0.2) is 14.8 Å². The van der Waals surface area contributed by atoms with Crippen LogP contribution in [0.25, 0.3) is 21.1 Å². The van der Waals surface area contributed by atoms with Crippen LogP contribution < -0.4 is 26.4 Å². The van der Waals surface area contributed by atoms with Crippen LogP contribution in [0.2, 0.25) is 0 Å². The molecule has 12 heteroatoms. The number of rotatable bonds is 7. The van der Waals surface area contributed by atoms with Gasteiger partial charge in [0.1, 0.15) is 28.0 Å². The van der Waals surface area contributed by atoms with Crippen LogP contribution in [0.1, 0.15) is 10.4 Å². The van der Waals surface area contributed by atoms with Gasteiger partial charge >= 0.3 is 6.03 Å². The Hall–Kier alpha value is -4.47. The highest BCUT2D eigenvalue weighted by Gasteiger charge is 2.17. The van der Waals surface area contributed by atoms with Crippen LogP contribution in [0.4, 0.5) is 21.4 Å². The van der Waals surface area contributed by atoms with E-state index in [0.717, 1.165) is 5.56 Å². The lowest BCUT2D eigenvalue weighted by molar-refractivity contribution is 0.102. The first-order valence-electron chi connectivity index (χ1n) is 10.2. The van der Waals surface area contributed by atoms with Crippen molar-refractivity contribution in [2.24, 2.45) is 0 Å². The highest BCUT2D eigenvalue weighted by Crippen LogP contribution is 2.38. The van der Waals surface area contributed by atoms with Crippen LogP contribution in [-0.4, -0.2) is 35.6 Å². The first-order valence-corrected chi connectivity index (χ1v) is 11.9. The number of anilines is 3. The van der Waals surface area contributed by atoms with E-state index in [1.54, 1.807) is 37.4 Å². The van der Waals surface area contributed by atoms with Gasteiger partial charge < -0.3 is 21.1 Å². The van der Waals surface area contributed by atoms with E-state index in [4.69, 9.17) is 15.7 Å². The number of carbonyl (C=O) groups is 2. The van der Waals surface area contributed by atoms with Crippen molar-refractivity contribution in [2.45, 2.75) is 0 Å². The summed E-state index contributed by atoms with van der Waals surface area (Å²) in [5.74, 6) is 0.590. The molecule has 3 amide bonds. The first kappa shape index (κ1) is 23.7. The number of amides is 3. The van der Waals surface area contributed by atoms with Crippen molar-refractivity contribution in [3.05, 3.63) is 59.5 Å². The number of nitriles is 1. The molecule has 2 heterocycles. The predicted molar refractivity (Wildman–Crippen MR) is 137 cm³/mol. The molecule has 4 aromatic rings. The molecule has 0 radical (unpaired) electrons. The summed E-state index contributed by atoms with van der Waals surface area (Å²) in [6.07, 6.45) is 0. The molecule has 0 saturated heterocycles. The Morgan fingerprint density at radius 2 is 1.97 bits per heavy atom. The Morgan fingerprint density at radius 1 is 1.14 bits per heavy atom. The molecule has 0 spiro atoms. The summed E-state index contributed by atoms with van der Waals surface area (Å²) in [5, 5.41) is 19.2. The lowest BCUT2D eigenvalue weighted by atomic mass is 10.1. The number of nitrogens with two attached hydrogens (primary N) is 1. The summed E-state index contributed by atoms with van der Waals surface area (Å²) < 4.78 is 5.18. The van der Waals surface area contributed by atoms with Crippen molar-refractivity contribution in [1.29, 1.82) is 5.26 Å². The lowest BCUT2D eigenvalue weighted by Gasteiger charge is -2.08. The summed E-state index contributed by atoms with van der Waals surface area (Å²) in [4.78, 5) is 33.8. The molecule has 0 unspecified atom stereocenters. The third-order valence-electron chi connectivity index (χ3n) is 4.65. The van der Waals surface area contributed by atoms with Crippen molar-refractivity contribution < 1.29 is 14.3 Å². The topological polar surface area (TPSA) is 155 Å². The minimum atomic E-state index is -0.542. The summed E-state index contributed by atoms with van der Waals surface area (Å²) >= 11 is 2.57. The Labute approximate surface area is 208 Å². The molecule has 0 bridgehead atoms. The van der Waals surface area contributed by atoms with Gasteiger partial charge in [-0.15, -0.1) is 11.3 Å². The minimum absolute atomic E-state index is 0.117. The Kier molecular flexibility index (Phi) is 7.20. The fourth-order valence-corrected chi connectivity index (χ4v) is 4.84. The summed E-state index contributed by atoms with van der Waals surface area (Å²) in [6.45, 7) is -0.117. The van der Waals surface area contributed by atoms with E-state index in [1.165, 1.54) is 22.7 Å². The maximum absolute atomic E-state index is 12.6. The molecule has 2 aromatic carbocycles. The first-order chi connectivity index (χ1) is 17.0. The van der Waals surface area contributed by atoms with E-state index in [2.05, 4.69) is 25.9 Å². The zero-order valence-corrected chi connectivity index (χ0v) is 20.0. The number of hydrogen-bond acceptors (Lipinski definition) is 9. The molecule has 35 heavy (non-hydrogen) atoms. The molecule has 5 N–H and O–H groups in total. The highest BCUT2D eigenvalue weighted by atomic mass is 32.1. The van der Waals surface area contributed by atoms with Crippen molar-refractivity contribution >= 4 is 51.2 Å². The monoisotopic (exact) mass is 505 g/mol. The second kappa shape index (κ2) is 10.6. The van der Waals surface area contributed by atoms with Crippen molar-refractivity contribution in [1.82, 2.24) is 15.3 Å². The van der Waals surface area contributed by atoms with Crippen molar-refractivity contribution in [3.63, 3.8) is 0 Å². The van der Waals surface area contributed by atoms with Gasteiger partial charge in [-0.1, -0.05) is 29.5 Å². The molecule has 10 nitrogen and oxygen atoms in total. The third-order valence-corrected chi connectivity index (χ3v) is 6.63. The molecule has 0 saturated carbocycles. The number of nitrogens with zero attached hydrogens (tertiary/aromatic N) is 3. The summed E-state index contributed by atoms with van der Waals surface area (Å²) in [6, 6.07) is 15.5. The van der Waals surface area contributed by atoms with E-state index in [9.17, 15) is 9.59 Å². The van der Waals surface area contributed by atoms with Crippen LogP contribution in [0, 0.1) is 11.3 Å². The van der Waals surface area contributed by atoms with Crippen molar-refractivity contribution in [3.8, 4) is 33.0 Å². The van der Waals surface area contributed by atoms with Gasteiger partial charge in [0.25, 0.3) is 5.91 Å². The molecule has 176 valence electrons. The Balaban J connectivity index is 1.49. The molecule has 0 atom stereocenters. The van der Waals surface area contributed by atoms with E-state index in [1.807, 2.05) is 29.6 Å². The van der Waals surface area contributed by atoms with E-state index < -0.39 is 6.03 Å². The van der Waals surface area contributed by atoms with Gasteiger partial charge in [0, 0.05) is 22.2 Å². The molecule has 4 rings (SSSR count). The maximum atomic E-state index is 12.6. The third kappa shape index (κ3) is 5.72. The van der Waals surface area contributed by atoms with Gasteiger partial charge in [-0.05, 0) is 30.3 Å². The van der Waals surface area contributed by atoms with Crippen LogP contribution in [0.15, 0.2) is 53.9 Å². The van der Waals surface area contributed by atoms with Crippen LogP contribution in [0.5, 0.6) is 5.75 Å². The zero-order valence-electron chi connectivity index (χ0n) is 18.4. The number of carbonyl (C=O) groups excluding carboxylic acids is 2. The Morgan fingerprint density at radius 3 is 2.77 bits per heavy atom. The average molecular weight is 506 g/mol. The van der Waals surface area contributed by atoms with Gasteiger partial charge in [0.15, 0.2) is 5.13 Å². The molecule has 0 aliphatic carbocycles. The van der Waals surface area contributed by atoms with E-state index >= 15 is 0 Å². The number of benzene rings is 2. The quantitative estimate of drug-likeness (QED) is 0.271. The van der Waals surface area contributed by atoms with E-state index in [0.29, 0.717) is 37.7 Å². The zero-order chi connectivity index (χ0) is 24.8. The molecule has 0 fully saturated rings. The number of hydrogen-bond donors (Lipinski definition) is 4. The van der Waals surface area contributed by atoms with Gasteiger partial charge in [0.2, 0.25) is 0 Å². The van der Waals surface area contributed by atoms with Gasteiger partial charge in [0.05, 0.1) is 18.9 Å². The van der Waals surface area contributed by atoms with Crippen LogP contribution in [-0.2, 0) is 0 Å². The van der Waals surface area contributed by atoms with E-state index in [-0.39, 0.29) is 18.3 Å². The predicted octanol–water partition coefficient (Wildman–Crippen LogP) is 4.42. The van der Waals surface area contributed by atoms with Crippen LogP contribution in [0.3, 0.4) is 0 Å². The standard InChI is InChI=1S/C23H19N7O3S2/c1-33-16-7-3-5-14(11-16)20(31)27-15-6-2-4-13(10-15)17-12-34-21(28-17)18-19(25)29-23(35-18)30-22(32)26-9-8-24/h2-7,10-12H,9,25H2,1H3,(H,27,31)(H2,26,29,30,32). The smallest absolute Gasteiger partial charge is 0.321 e. The Bertz CT molecular complexity index is 1420. The van der Waals surface area contributed by atoms with Gasteiger partial charge in [-0.2, -0.15) is 5.26 Å². The molecule has 0 aliphatic rings. The molecular formula is C23H19N7O3S2. The van der Waals surface area contributed by atoms with Gasteiger partial charge in [-0.3, -0.25) is 10.1 Å². The van der Waals surface area contributed by atoms with Crippen molar-refractivity contribution in [2.75, 3.05) is 30.0 Å². The normalized spacial score (nSPS) is 10.3. The minimum Gasteiger partial charge on any atom is -0.497 e. The number of ether oxygens (including phenoxy) is 1. The maximum Gasteiger partial charge on any atom is 0.321 e. The average Bonchev–Trinajstić information content (AvgIpc) is 3.49. The fraction of sp³-hybridized carbons (Fsp3) is 0.0870. The molecule has 2 aromatic heterocycles. The number of methoxy groups -OCH3 is 1. The second-order valence-electron chi connectivity index (χ2n) is 7.00. The number of urea groups is 1. The number of nitrogen functional groups attached to an aromatic ring is 1. The lowest BCUT2D eigenvalue weighted by Crippen LogP contribution is -2.28. The summed E-state index contributed by atoms with van der Waals surface area (Å²) in [7, 11) is 1.55. The summed E-state index contributed by atoms with van der Waals surface area (Å²) in [5.41, 5.74) is 8.66. The molecular weight excluding hydrogens is 486 g/mol. The highest BCUT2D eigenvalue weighted by molar-refractivity contribution is 7.23. The fourth-order valence-electron chi connectivity index (χ4n) is 3.03.